The van der Waals surface area contributed by atoms with Gasteiger partial charge in [-0.1, -0.05) is 17.7 Å². The van der Waals surface area contributed by atoms with Crippen LogP contribution in [0.5, 0.6) is 0 Å². The Hall–Kier alpha value is -1.33. The zero-order valence-electron chi connectivity index (χ0n) is 14.7. The third-order valence-electron chi connectivity index (χ3n) is 4.68. The number of amides is 1. The van der Waals surface area contributed by atoms with E-state index in [0.29, 0.717) is 11.2 Å². The zero-order valence-corrected chi connectivity index (χ0v) is 15.5. The summed E-state index contributed by atoms with van der Waals surface area (Å²) >= 11 is 5.98. The SMILES string of the molecule is CC(C)(C)OC(=O)N1CCC(N2CCc3nc(Cl)ccc3C2)CC1. The van der Waals surface area contributed by atoms with Crippen molar-refractivity contribution in [2.45, 2.75) is 58.2 Å². The highest BCUT2D eigenvalue weighted by molar-refractivity contribution is 6.29. The Morgan fingerprint density at radius 2 is 1.96 bits per heavy atom. The summed E-state index contributed by atoms with van der Waals surface area (Å²) < 4.78 is 5.47. The molecule has 1 aromatic rings. The topological polar surface area (TPSA) is 45.7 Å². The molecule has 1 saturated heterocycles. The lowest BCUT2D eigenvalue weighted by Crippen LogP contribution is -2.49. The van der Waals surface area contributed by atoms with E-state index >= 15 is 0 Å². The van der Waals surface area contributed by atoms with Crippen molar-refractivity contribution in [2.75, 3.05) is 19.6 Å². The molecule has 0 saturated carbocycles. The van der Waals surface area contributed by atoms with E-state index in [2.05, 4.69) is 16.0 Å². The maximum Gasteiger partial charge on any atom is 0.410 e. The van der Waals surface area contributed by atoms with E-state index in [1.54, 1.807) is 0 Å². The fraction of sp³-hybridized carbons (Fsp3) is 0.667. The molecule has 2 aliphatic heterocycles. The molecule has 6 heteroatoms. The lowest BCUT2D eigenvalue weighted by Gasteiger charge is -2.40. The number of halogens is 1. The first-order valence-corrected chi connectivity index (χ1v) is 9.06. The van der Waals surface area contributed by atoms with Crippen molar-refractivity contribution < 1.29 is 9.53 Å². The molecule has 0 unspecified atom stereocenters. The Morgan fingerprint density at radius 1 is 1.25 bits per heavy atom. The number of fused-ring (bicyclic) bond motifs is 1. The van der Waals surface area contributed by atoms with Crippen molar-refractivity contribution in [2.24, 2.45) is 0 Å². The van der Waals surface area contributed by atoms with Gasteiger partial charge in [0.05, 0.1) is 0 Å². The smallest absolute Gasteiger partial charge is 0.410 e. The average Bonchev–Trinajstić information content (AvgIpc) is 2.53. The van der Waals surface area contributed by atoms with Crippen LogP contribution in [0.1, 0.15) is 44.9 Å². The van der Waals surface area contributed by atoms with Gasteiger partial charge in [0.25, 0.3) is 0 Å². The summed E-state index contributed by atoms with van der Waals surface area (Å²) in [5.41, 5.74) is 1.98. The molecule has 24 heavy (non-hydrogen) atoms. The molecule has 132 valence electrons. The standard InChI is InChI=1S/C18H26ClN3O2/c1-18(2,3)24-17(23)21-9-6-14(7-10-21)22-11-8-15-13(12-22)4-5-16(19)20-15/h4-5,14H,6-12H2,1-3H3. The van der Waals surface area contributed by atoms with E-state index in [4.69, 9.17) is 16.3 Å². The highest BCUT2D eigenvalue weighted by atomic mass is 35.5. The van der Waals surface area contributed by atoms with E-state index in [0.717, 1.165) is 51.1 Å². The van der Waals surface area contributed by atoms with Gasteiger partial charge in [-0.25, -0.2) is 9.78 Å². The molecule has 1 aromatic heterocycles. The van der Waals surface area contributed by atoms with Gasteiger partial charge in [0.15, 0.2) is 0 Å². The molecule has 0 aliphatic carbocycles. The van der Waals surface area contributed by atoms with Gasteiger partial charge in [-0.05, 0) is 45.2 Å². The van der Waals surface area contributed by atoms with Gasteiger partial charge in [0.2, 0.25) is 0 Å². The molecule has 0 radical (unpaired) electrons. The van der Waals surface area contributed by atoms with Crippen molar-refractivity contribution in [3.05, 3.63) is 28.5 Å². The fourth-order valence-corrected chi connectivity index (χ4v) is 3.63. The lowest BCUT2D eigenvalue weighted by atomic mass is 9.98. The van der Waals surface area contributed by atoms with Crippen molar-refractivity contribution in [3.8, 4) is 0 Å². The predicted octanol–water partition coefficient (Wildman–Crippen LogP) is 3.49. The molecule has 0 aromatic carbocycles. The van der Waals surface area contributed by atoms with Crippen LogP contribution in [0.15, 0.2) is 12.1 Å². The highest BCUT2D eigenvalue weighted by Crippen LogP contribution is 2.25. The quantitative estimate of drug-likeness (QED) is 0.726. The normalized spacial score (nSPS) is 19.9. The number of nitrogens with zero attached hydrogens (tertiary/aromatic N) is 3. The second kappa shape index (κ2) is 6.89. The molecule has 0 spiro atoms. The van der Waals surface area contributed by atoms with E-state index in [9.17, 15) is 4.79 Å². The molecule has 5 nitrogen and oxygen atoms in total. The second-order valence-electron chi connectivity index (χ2n) is 7.66. The predicted molar refractivity (Wildman–Crippen MR) is 94.2 cm³/mol. The Kier molecular flexibility index (Phi) is 5.02. The molecule has 3 rings (SSSR count). The summed E-state index contributed by atoms with van der Waals surface area (Å²) in [6.07, 6.45) is 2.75. The van der Waals surface area contributed by atoms with E-state index < -0.39 is 5.60 Å². The second-order valence-corrected chi connectivity index (χ2v) is 8.05. The number of hydrogen-bond acceptors (Lipinski definition) is 4. The van der Waals surface area contributed by atoms with Crippen LogP contribution in [0, 0.1) is 0 Å². The van der Waals surface area contributed by atoms with Gasteiger partial charge >= 0.3 is 6.09 Å². The molecular weight excluding hydrogens is 326 g/mol. The van der Waals surface area contributed by atoms with Crippen LogP contribution in [-0.2, 0) is 17.7 Å². The molecule has 1 fully saturated rings. The molecule has 0 atom stereocenters. The first-order chi connectivity index (χ1) is 11.3. The van der Waals surface area contributed by atoms with Crippen LogP contribution >= 0.6 is 11.6 Å². The Morgan fingerprint density at radius 3 is 2.62 bits per heavy atom. The Bertz CT molecular complexity index is 607. The maximum atomic E-state index is 12.2. The minimum absolute atomic E-state index is 0.191. The monoisotopic (exact) mass is 351 g/mol. The Labute approximate surface area is 148 Å². The van der Waals surface area contributed by atoms with Crippen molar-refractivity contribution >= 4 is 17.7 Å². The number of carbonyl (C=O) groups excluding carboxylic acids is 1. The molecular formula is C18H26ClN3O2. The van der Waals surface area contributed by atoms with Gasteiger partial charge < -0.3 is 9.64 Å². The summed E-state index contributed by atoms with van der Waals surface area (Å²) in [5.74, 6) is 0. The largest absolute Gasteiger partial charge is 0.444 e. The molecule has 3 heterocycles. The highest BCUT2D eigenvalue weighted by Gasteiger charge is 2.31. The van der Waals surface area contributed by atoms with Crippen LogP contribution in [-0.4, -0.2) is 52.2 Å². The van der Waals surface area contributed by atoms with Gasteiger partial charge in [-0.3, -0.25) is 4.90 Å². The number of ether oxygens (including phenoxy) is 1. The van der Waals surface area contributed by atoms with Gasteiger partial charge in [0, 0.05) is 44.3 Å². The first-order valence-electron chi connectivity index (χ1n) is 8.68. The average molecular weight is 352 g/mol. The maximum absolute atomic E-state index is 12.2. The first kappa shape index (κ1) is 17.5. The Balaban J connectivity index is 1.54. The van der Waals surface area contributed by atoms with E-state index in [1.807, 2.05) is 31.7 Å². The summed E-state index contributed by atoms with van der Waals surface area (Å²) in [6.45, 7) is 9.19. The minimum Gasteiger partial charge on any atom is -0.444 e. The third-order valence-corrected chi connectivity index (χ3v) is 4.89. The van der Waals surface area contributed by atoms with Crippen molar-refractivity contribution in [1.29, 1.82) is 0 Å². The number of hydrogen-bond donors (Lipinski definition) is 0. The van der Waals surface area contributed by atoms with E-state index in [-0.39, 0.29) is 6.09 Å². The number of aromatic nitrogens is 1. The minimum atomic E-state index is -0.432. The third kappa shape index (κ3) is 4.19. The van der Waals surface area contributed by atoms with Crippen LogP contribution in [0.25, 0.3) is 0 Å². The van der Waals surface area contributed by atoms with Crippen LogP contribution < -0.4 is 0 Å². The summed E-state index contributed by atoms with van der Waals surface area (Å²) in [6, 6.07) is 4.48. The van der Waals surface area contributed by atoms with E-state index in [1.165, 1.54) is 5.56 Å². The van der Waals surface area contributed by atoms with Gasteiger partial charge in [0.1, 0.15) is 10.8 Å². The summed E-state index contributed by atoms with van der Waals surface area (Å²) in [4.78, 5) is 20.9. The van der Waals surface area contributed by atoms with Gasteiger partial charge in [-0.2, -0.15) is 0 Å². The molecule has 2 aliphatic rings. The van der Waals surface area contributed by atoms with Crippen molar-refractivity contribution in [1.82, 2.24) is 14.8 Å². The summed E-state index contributed by atoms with van der Waals surface area (Å²) in [5, 5.41) is 0.577. The molecule has 1 amide bonds. The number of pyridine rings is 1. The fourth-order valence-electron chi connectivity index (χ4n) is 3.46. The number of likely N-dealkylation sites (tertiary alicyclic amines) is 1. The summed E-state index contributed by atoms with van der Waals surface area (Å²) in [7, 11) is 0. The van der Waals surface area contributed by atoms with Crippen LogP contribution in [0.4, 0.5) is 4.79 Å². The van der Waals surface area contributed by atoms with Gasteiger partial charge in [-0.15, -0.1) is 0 Å². The molecule has 0 N–H and O–H groups in total. The number of piperidine rings is 1. The van der Waals surface area contributed by atoms with Crippen LogP contribution in [0.2, 0.25) is 5.15 Å². The number of rotatable bonds is 1. The lowest BCUT2D eigenvalue weighted by molar-refractivity contribution is 0.0133. The number of carbonyl (C=O) groups is 1. The molecule has 0 bridgehead atoms. The van der Waals surface area contributed by atoms with Crippen LogP contribution in [0.3, 0.4) is 0 Å². The zero-order chi connectivity index (χ0) is 17.3. The van der Waals surface area contributed by atoms with Crippen molar-refractivity contribution in [3.63, 3.8) is 0 Å².